The SMILES string of the molecule is CCOC(=O)C(C(=O)OCC)c1c(-c2ccccc2)nc2ccccn12. The Kier molecular flexibility index (Phi) is 5.31. The van der Waals surface area contributed by atoms with Gasteiger partial charge in [0.25, 0.3) is 0 Å². The predicted molar refractivity (Wildman–Crippen MR) is 96.6 cm³/mol. The minimum Gasteiger partial charge on any atom is -0.465 e. The molecule has 26 heavy (non-hydrogen) atoms. The van der Waals surface area contributed by atoms with E-state index in [2.05, 4.69) is 4.98 Å². The summed E-state index contributed by atoms with van der Waals surface area (Å²) in [6, 6.07) is 14.9. The van der Waals surface area contributed by atoms with Crippen LogP contribution < -0.4 is 0 Å². The molecule has 1 aromatic carbocycles. The number of fused-ring (bicyclic) bond motifs is 1. The summed E-state index contributed by atoms with van der Waals surface area (Å²) in [6.07, 6.45) is 1.77. The zero-order valence-electron chi connectivity index (χ0n) is 14.7. The molecular weight excluding hydrogens is 332 g/mol. The van der Waals surface area contributed by atoms with Gasteiger partial charge in [0.1, 0.15) is 5.65 Å². The van der Waals surface area contributed by atoms with Gasteiger partial charge in [0.05, 0.1) is 24.6 Å². The zero-order valence-corrected chi connectivity index (χ0v) is 14.7. The fraction of sp³-hybridized carbons (Fsp3) is 0.250. The lowest BCUT2D eigenvalue weighted by molar-refractivity contribution is -0.157. The predicted octanol–water partition coefficient (Wildman–Crippen LogP) is 3.21. The molecule has 0 bridgehead atoms. The zero-order chi connectivity index (χ0) is 18.5. The number of carbonyl (C=O) groups is 2. The molecule has 0 aliphatic heterocycles. The number of aromatic nitrogens is 2. The maximum atomic E-state index is 12.6. The van der Waals surface area contributed by atoms with Gasteiger partial charge < -0.3 is 13.9 Å². The van der Waals surface area contributed by atoms with Gasteiger partial charge in [-0.15, -0.1) is 0 Å². The summed E-state index contributed by atoms with van der Waals surface area (Å²) in [5.41, 5.74) is 2.45. The maximum Gasteiger partial charge on any atom is 0.326 e. The average Bonchev–Trinajstić information content (AvgIpc) is 3.03. The Morgan fingerprint density at radius 1 is 0.962 bits per heavy atom. The summed E-state index contributed by atoms with van der Waals surface area (Å²) in [5.74, 6) is -2.50. The Morgan fingerprint density at radius 3 is 2.19 bits per heavy atom. The van der Waals surface area contributed by atoms with Crippen LogP contribution in [0.3, 0.4) is 0 Å². The fourth-order valence-electron chi connectivity index (χ4n) is 2.87. The van der Waals surface area contributed by atoms with Crippen molar-refractivity contribution in [2.75, 3.05) is 13.2 Å². The van der Waals surface area contributed by atoms with Crippen molar-refractivity contribution in [2.45, 2.75) is 19.8 Å². The van der Waals surface area contributed by atoms with Crippen molar-refractivity contribution < 1.29 is 19.1 Å². The third kappa shape index (κ3) is 3.31. The molecule has 2 heterocycles. The lowest BCUT2D eigenvalue weighted by Gasteiger charge is -2.16. The molecule has 0 saturated carbocycles. The number of ether oxygens (including phenoxy) is 2. The van der Waals surface area contributed by atoms with Crippen molar-refractivity contribution in [3.63, 3.8) is 0 Å². The van der Waals surface area contributed by atoms with E-state index >= 15 is 0 Å². The fourth-order valence-corrected chi connectivity index (χ4v) is 2.87. The van der Waals surface area contributed by atoms with Crippen LogP contribution in [0.4, 0.5) is 0 Å². The molecule has 0 amide bonds. The minimum absolute atomic E-state index is 0.173. The van der Waals surface area contributed by atoms with E-state index in [4.69, 9.17) is 9.47 Å². The van der Waals surface area contributed by atoms with Gasteiger partial charge >= 0.3 is 11.9 Å². The summed E-state index contributed by atoms with van der Waals surface area (Å²) in [4.78, 5) is 29.9. The van der Waals surface area contributed by atoms with E-state index in [9.17, 15) is 9.59 Å². The molecule has 0 atom stereocenters. The van der Waals surface area contributed by atoms with Gasteiger partial charge in [0, 0.05) is 11.8 Å². The number of benzene rings is 1. The largest absolute Gasteiger partial charge is 0.465 e. The number of hydrogen-bond acceptors (Lipinski definition) is 5. The van der Waals surface area contributed by atoms with Crippen LogP contribution in [0.5, 0.6) is 0 Å². The number of hydrogen-bond donors (Lipinski definition) is 0. The maximum absolute atomic E-state index is 12.6. The van der Waals surface area contributed by atoms with Crippen molar-refractivity contribution >= 4 is 17.6 Å². The number of pyridine rings is 1. The Morgan fingerprint density at radius 2 is 1.58 bits per heavy atom. The Bertz CT molecular complexity index is 900. The van der Waals surface area contributed by atoms with Crippen molar-refractivity contribution in [2.24, 2.45) is 0 Å². The minimum atomic E-state index is -1.21. The summed E-state index contributed by atoms with van der Waals surface area (Å²) in [5, 5.41) is 0. The van der Waals surface area contributed by atoms with Crippen LogP contribution >= 0.6 is 0 Å². The molecular formula is C20H20N2O4. The van der Waals surface area contributed by atoms with Crippen molar-refractivity contribution in [1.82, 2.24) is 9.38 Å². The van der Waals surface area contributed by atoms with Crippen LogP contribution in [-0.2, 0) is 19.1 Å². The highest BCUT2D eigenvalue weighted by Gasteiger charge is 2.37. The molecule has 6 heteroatoms. The van der Waals surface area contributed by atoms with Crippen molar-refractivity contribution in [3.05, 3.63) is 60.4 Å². The molecule has 3 rings (SSSR count). The lowest BCUT2D eigenvalue weighted by Crippen LogP contribution is -2.27. The van der Waals surface area contributed by atoms with Crippen molar-refractivity contribution in [1.29, 1.82) is 0 Å². The van der Waals surface area contributed by atoms with Crippen LogP contribution in [-0.4, -0.2) is 34.5 Å². The van der Waals surface area contributed by atoms with E-state index in [0.29, 0.717) is 17.0 Å². The quantitative estimate of drug-likeness (QED) is 0.503. The van der Waals surface area contributed by atoms with Gasteiger partial charge in [-0.25, -0.2) is 4.98 Å². The first-order chi connectivity index (χ1) is 12.7. The number of esters is 2. The highest BCUT2D eigenvalue weighted by atomic mass is 16.6. The molecule has 0 aliphatic carbocycles. The summed E-state index contributed by atoms with van der Waals surface area (Å²) in [6.45, 7) is 3.75. The molecule has 2 aromatic heterocycles. The van der Waals surface area contributed by atoms with Crippen LogP contribution in [0.25, 0.3) is 16.9 Å². The van der Waals surface area contributed by atoms with Gasteiger partial charge in [-0.1, -0.05) is 36.4 Å². The molecule has 0 unspecified atom stereocenters. The first-order valence-electron chi connectivity index (χ1n) is 8.53. The van der Waals surface area contributed by atoms with Gasteiger partial charge in [-0.3, -0.25) is 9.59 Å². The number of carbonyl (C=O) groups excluding carboxylic acids is 2. The topological polar surface area (TPSA) is 69.9 Å². The van der Waals surface area contributed by atoms with Crippen LogP contribution in [0.2, 0.25) is 0 Å². The van der Waals surface area contributed by atoms with Gasteiger partial charge in [0.2, 0.25) is 0 Å². The Hall–Kier alpha value is -3.15. The Balaban J connectivity index is 2.25. The summed E-state index contributed by atoms with van der Waals surface area (Å²) < 4.78 is 12.0. The highest BCUT2D eigenvalue weighted by Crippen LogP contribution is 2.31. The standard InChI is InChI=1S/C20H20N2O4/c1-3-25-19(23)16(20(24)26-4-2)18-17(14-10-6-5-7-11-14)21-15-12-8-9-13-22(15)18/h5-13,16H,3-4H2,1-2H3. The van der Waals surface area contributed by atoms with E-state index in [1.54, 1.807) is 24.4 Å². The van der Waals surface area contributed by atoms with Crippen LogP contribution in [0.1, 0.15) is 25.5 Å². The smallest absolute Gasteiger partial charge is 0.326 e. The first kappa shape index (κ1) is 17.7. The third-order valence-electron chi connectivity index (χ3n) is 3.93. The number of nitrogens with zero attached hydrogens (tertiary/aromatic N) is 2. The van der Waals surface area contributed by atoms with Gasteiger partial charge in [-0.05, 0) is 26.0 Å². The Labute approximate surface area is 151 Å². The summed E-state index contributed by atoms with van der Waals surface area (Å²) in [7, 11) is 0. The number of rotatable bonds is 6. The molecule has 134 valence electrons. The molecule has 0 saturated heterocycles. The summed E-state index contributed by atoms with van der Waals surface area (Å²) >= 11 is 0. The average molecular weight is 352 g/mol. The second-order valence-electron chi connectivity index (χ2n) is 5.58. The normalized spacial score (nSPS) is 10.9. The van der Waals surface area contributed by atoms with Crippen LogP contribution in [0.15, 0.2) is 54.7 Å². The molecule has 6 nitrogen and oxygen atoms in total. The van der Waals surface area contributed by atoms with Crippen LogP contribution in [0, 0.1) is 0 Å². The molecule has 0 radical (unpaired) electrons. The second kappa shape index (κ2) is 7.82. The van der Waals surface area contributed by atoms with E-state index in [0.717, 1.165) is 5.56 Å². The van der Waals surface area contributed by atoms with Gasteiger partial charge in [-0.2, -0.15) is 0 Å². The second-order valence-corrected chi connectivity index (χ2v) is 5.58. The number of imidazole rings is 1. The van der Waals surface area contributed by atoms with E-state index in [1.165, 1.54) is 0 Å². The lowest BCUT2D eigenvalue weighted by atomic mass is 10.00. The molecule has 0 spiro atoms. The monoisotopic (exact) mass is 352 g/mol. The molecule has 3 aromatic rings. The molecule has 0 aliphatic rings. The first-order valence-corrected chi connectivity index (χ1v) is 8.53. The van der Waals surface area contributed by atoms with E-state index in [1.807, 2.05) is 48.5 Å². The van der Waals surface area contributed by atoms with Crippen molar-refractivity contribution in [3.8, 4) is 11.3 Å². The van der Waals surface area contributed by atoms with Gasteiger partial charge in [0.15, 0.2) is 5.92 Å². The van der Waals surface area contributed by atoms with E-state index in [-0.39, 0.29) is 13.2 Å². The molecule has 0 fully saturated rings. The third-order valence-corrected chi connectivity index (χ3v) is 3.93. The van der Waals surface area contributed by atoms with E-state index < -0.39 is 17.9 Å². The molecule has 0 N–H and O–H groups in total. The highest BCUT2D eigenvalue weighted by molar-refractivity contribution is 6.02.